The summed E-state index contributed by atoms with van der Waals surface area (Å²) in [5, 5.41) is 2.43. The zero-order valence-electron chi connectivity index (χ0n) is 16.7. The molecule has 0 aliphatic heterocycles. The molecule has 1 atom stereocenters. The van der Waals surface area contributed by atoms with Gasteiger partial charge in [0.25, 0.3) is 0 Å². The molecule has 7 nitrogen and oxygen atoms in total. The zero-order chi connectivity index (χ0) is 20.6. The molecule has 1 amide bonds. The summed E-state index contributed by atoms with van der Waals surface area (Å²) < 4.78 is 15.9. The summed E-state index contributed by atoms with van der Waals surface area (Å²) in [6.45, 7) is 5.18. The van der Waals surface area contributed by atoms with Crippen LogP contribution in [0.5, 0.6) is 0 Å². The van der Waals surface area contributed by atoms with Crippen LogP contribution in [0.15, 0.2) is 30.3 Å². The summed E-state index contributed by atoms with van der Waals surface area (Å²) >= 11 is 0. The third kappa shape index (κ3) is 7.98. The Morgan fingerprint density at radius 3 is 2.36 bits per heavy atom. The van der Waals surface area contributed by atoms with Gasteiger partial charge in [0.05, 0.1) is 6.42 Å². The normalized spacial score (nSPS) is 15.5. The minimum Gasteiger partial charge on any atom is -0.462 e. The van der Waals surface area contributed by atoms with E-state index in [1.54, 1.807) is 20.8 Å². The van der Waals surface area contributed by atoms with Crippen LogP contribution in [0.3, 0.4) is 0 Å². The molecule has 0 saturated heterocycles. The number of hydrogen-bond donors (Lipinski definition) is 1. The van der Waals surface area contributed by atoms with Crippen molar-refractivity contribution in [3.05, 3.63) is 35.9 Å². The van der Waals surface area contributed by atoms with E-state index in [9.17, 15) is 14.4 Å². The summed E-state index contributed by atoms with van der Waals surface area (Å²) in [6.07, 6.45) is 2.50. The lowest BCUT2D eigenvalue weighted by Gasteiger charge is -2.23. The molecule has 0 spiro atoms. The summed E-state index contributed by atoms with van der Waals surface area (Å²) in [5.74, 6) is -1.25. The van der Waals surface area contributed by atoms with Gasteiger partial charge < -0.3 is 19.5 Å². The average Bonchev–Trinajstić information content (AvgIpc) is 3.11. The number of nitrogens with one attached hydrogen (secondary N) is 1. The molecule has 7 heteroatoms. The highest BCUT2D eigenvalue weighted by atomic mass is 16.6. The maximum atomic E-state index is 12.5. The molecule has 0 bridgehead atoms. The number of carbonyl (C=O) groups excluding carboxylic acids is 3. The first kappa shape index (κ1) is 21.7. The van der Waals surface area contributed by atoms with Gasteiger partial charge in [-0.3, -0.25) is 4.79 Å². The van der Waals surface area contributed by atoms with Gasteiger partial charge in [-0.05, 0) is 52.0 Å². The van der Waals surface area contributed by atoms with Crippen LogP contribution in [0.4, 0.5) is 4.79 Å². The third-order valence-corrected chi connectivity index (χ3v) is 4.17. The quantitative estimate of drug-likeness (QED) is 0.565. The van der Waals surface area contributed by atoms with Gasteiger partial charge in [-0.15, -0.1) is 0 Å². The number of alkyl carbamates (subject to hydrolysis) is 1. The van der Waals surface area contributed by atoms with E-state index in [4.69, 9.17) is 14.2 Å². The van der Waals surface area contributed by atoms with Crippen LogP contribution in [0.25, 0.3) is 0 Å². The molecular formula is C21H29NO6. The summed E-state index contributed by atoms with van der Waals surface area (Å²) in [4.78, 5) is 36.8. The maximum absolute atomic E-state index is 12.5. The lowest BCUT2D eigenvalue weighted by Crippen LogP contribution is -2.45. The number of esters is 2. The van der Waals surface area contributed by atoms with Gasteiger partial charge in [0, 0.05) is 0 Å². The smallest absolute Gasteiger partial charge is 0.408 e. The summed E-state index contributed by atoms with van der Waals surface area (Å²) in [5.41, 5.74) is 0.0767. The van der Waals surface area contributed by atoms with Gasteiger partial charge in [-0.1, -0.05) is 30.3 Å². The highest BCUT2D eigenvalue weighted by Crippen LogP contribution is 2.21. The standard InChI is InChI=1S/C21H29NO6/c1-21(2,3)28-20(25)22-17(13-18(23)27-16-11-7-8-12-16)19(24)26-14-15-9-5-4-6-10-15/h4-6,9-10,16-17H,7-8,11-14H2,1-3H3,(H,22,25)/t17-/m1/s1. The third-order valence-electron chi connectivity index (χ3n) is 4.17. The van der Waals surface area contributed by atoms with Crippen molar-refractivity contribution in [3.63, 3.8) is 0 Å². The van der Waals surface area contributed by atoms with Crippen molar-refractivity contribution < 1.29 is 28.6 Å². The van der Waals surface area contributed by atoms with Crippen molar-refractivity contribution in [1.29, 1.82) is 0 Å². The Hall–Kier alpha value is -2.57. The first-order valence-electron chi connectivity index (χ1n) is 9.62. The van der Waals surface area contributed by atoms with Crippen molar-refractivity contribution in [2.45, 2.75) is 77.2 Å². The molecule has 1 aliphatic rings. The SMILES string of the molecule is CC(C)(C)OC(=O)N[C@H](CC(=O)OC1CCCC1)C(=O)OCc1ccccc1. The first-order valence-corrected chi connectivity index (χ1v) is 9.62. The minimum atomic E-state index is -1.17. The monoisotopic (exact) mass is 391 g/mol. The number of rotatable bonds is 7. The summed E-state index contributed by atoms with van der Waals surface area (Å²) in [7, 11) is 0. The van der Waals surface area contributed by atoms with Crippen molar-refractivity contribution >= 4 is 18.0 Å². The van der Waals surface area contributed by atoms with Gasteiger partial charge in [-0.25, -0.2) is 9.59 Å². The molecule has 0 heterocycles. The maximum Gasteiger partial charge on any atom is 0.408 e. The molecular weight excluding hydrogens is 362 g/mol. The topological polar surface area (TPSA) is 90.9 Å². The highest BCUT2D eigenvalue weighted by Gasteiger charge is 2.30. The largest absolute Gasteiger partial charge is 0.462 e. The Labute approximate surface area is 165 Å². The van der Waals surface area contributed by atoms with Crippen LogP contribution in [0.2, 0.25) is 0 Å². The van der Waals surface area contributed by atoms with Gasteiger partial charge in [0.1, 0.15) is 24.4 Å². The van der Waals surface area contributed by atoms with Crippen molar-refractivity contribution in [2.75, 3.05) is 0 Å². The highest BCUT2D eigenvalue weighted by molar-refractivity contribution is 5.86. The first-order chi connectivity index (χ1) is 13.2. The second kappa shape index (κ2) is 10.1. The van der Waals surface area contributed by atoms with E-state index >= 15 is 0 Å². The van der Waals surface area contributed by atoms with E-state index in [0.717, 1.165) is 31.2 Å². The Bertz CT molecular complexity index is 661. The number of amides is 1. The molecule has 0 aromatic heterocycles. The second-order valence-electron chi connectivity index (χ2n) is 7.89. The number of carbonyl (C=O) groups is 3. The predicted molar refractivity (Wildman–Crippen MR) is 102 cm³/mol. The van der Waals surface area contributed by atoms with E-state index in [1.165, 1.54) is 0 Å². The van der Waals surface area contributed by atoms with Crippen molar-refractivity contribution in [1.82, 2.24) is 5.32 Å². The van der Waals surface area contributed by atoms with E-state index in [-0.39, 0.29) is 19.1 Å². The number of hydrogen-bond acceptors (Lipinski definition) is 6. The van der Waals surface area contributed by atoms with E-state index < -0.39 is 29.7 Å². The fraction of sp³-hybridized carbons (Fsp3) is 0.571. The predicted octanol–water partition coefficient (Wildman–Crippen LogP) is 3.50. The van der Waals surface area contributed by atoms with Crippen LogP contribution >= 0.6 is 0 Å². The molecule has 1 N–H and O–H groups in total. The molecule has 0 unspecified atom stereocenters. The van der Waals surface area contributed by atoms with Crippen LogP contribution in [0.1, 0.15) is 58.4 Å². The molecule has 2 rings (SSSR count). The molecule has 1 aromatic carbocycles. The van der Waals surface area contributed by atoms with Crippen LogP contribution in [-0.4, -0.2) is 35.8 Å². The Morgan fingerprint density at radius 1 is 1.11 bits per heavy atom. The molecule has 154 valence electrons. The van der Waals surface area contributed by atoms with Crippen molar-refractivity contribution in [3.8, 4) is 0 Å². The summed E-state index contributed by atoms with van der Waals surface area (Å²) in [6, 6.07) is 7.98. The molecule has 1 aliphatic carbocycles. The van der Waals surface area contributed by atoms with Gasteiger partial charge in [0.15, 0.2) is 0 Å². The van der Waals surface area contributed by atoms with Gasteiger partial charge >= 0.3 is 18.0 Å². The molecule has 1 aromatic rings. The van der Waals surface area contributed by atoms with Gasteiger partial charge in [0.2, 0.25) is 0 Å². The van der Waals surface area contributed by atoms with Crippen LogP contribution < -0.4 is 5.32 Å². The Morgan fingerprint density at radius 2 is 1.75 bits per heavy atom. The number of benzene rings is 1. The zero-order valence-corrected chi connectivity index (χ0v) is 16.7. The molecule has 1 saturated carbocycles. The Kier molecular flexibility index (Phi) is 7.84. The van der Waals surface area contributed by atoms with E-state index in [2.05, 4.69) is 5.32 Å². The second-order valence-corrected chi connectivity index (χ2v) is 7.89. The van der Waals surface area contributed by atoms with E-state index in [0.29, 0.717) is 0 Å². The molecule has 0 radical (unpaired) electrons. The average molecular weight is 391 g/mol. The van der Waals surface area contributed by atoms with Gasteiger partial charge in [-0.2, -0.15) is 0 Å². The Balaban J connectivity index is 1.95. The molecule has 1 fully saturated rings. The number of ether oxygens (including phenoxy) is 3. The fourth-order valence-electron chi connectivity index (χ4n) is 2.88. The lowest BCUT2D eigenvalue weighted by molar-refractivity contribution is -0.156. The van der Waals surface area contributed by atoms with Crippen LogP contribution in [0, 0.1) is 0 Å². The van der Waals surface area contributed by atoms with Crippen molar-refractivity contribution in [2.24, 2.45) is 0 Å². The minimum absolute atomic E-state index is 0.0455. The fourth-order valence-corrected chi connectivity index (χ4v) is 2.88. The molecule has 28 heavy (non-hydrogen) atoms. The van der Waals surface area contributed by atoms with E-state index in [1.807, 2.05) is 30.3 Å². The van der Waals surface area contributed by atoms with Crippen LogP contribution in [-0.2, 0) is 30.4 Å². The lowest BCUT2D eigenvalue weighted by atomic mass is 10.2.